The molecule has 0 aliphatic carbocycles. The summed E-state index contributed by atoms with van der Waals surface area (Å²) in [6.07, 6.45) is 1.73. The number of thiazole rings is 1. The predicted octanol–water partition coefficient (Wildman–Crippen LogP) is 6.97. The summed E-state index contributed by atoms with van der Waals surface area (Å²) in [4.78, 5) is 32.9. The van der Waals surface area contributed by atoms with Gasteiger partial charge in [-0.3, -0.25) is 9.36 Å². The van der Waals surface area contributed by atoms with Gasteiger partial charge in [-0.2, -0.15) is 0 Å². The van der Waals surface area contributed by atoms with Crippen molar-refractivity contribution in [3.63, 3.8) is 0 Å². The van der Waals surface area contributed by atoms with E-state index < -0.39 is 17.8 Å². The number of ether oxygens (including phenoxy) is 3. The zero-order valence-electron chi connectivity index (χ0n) is 25.2. The number of fused-ring (bicyclic) bond motifs is 1. The first-order chi connectivity index (χ1) is 22.8. The maximum Gasteiger partial charge on any atom is 0.338 e. The summed E-state index contributed by atoms with van der Waals surface area (Å²) in [7, 11) is 1.53. The van der Waals surface area contributed by atoms with E-state index >= 15 is 0 Å². The van der Waals surface area contributed by atoms with E-state index in [0.717, 1.165) is 5.56 Å². The quantitative estimate of drug-likeness (QED) is 0.156. The fourth-order valence-corrected chi connectivity index (χ4v) is 6.56. The molecule has 5 aromatic rings. The van der Waals surface area contributed by atoms with Gasteiger partial charge in [-0.25, -0.2) is 14.2 Å². The topological polar surface area (TPSA) is 79.1 Å². The summed E-state index contributed by atoms with van der Waals surface area (Å²) in [5.41, 5.74) is 2.94. The lowest BCUT2D eigenvalue weighted by atomic mass is 9.93. The number of aromatic nitrogens is 1. The van der Waals surface area contributed by atoms with E-state index in [-0.39, 0.29) is 24.3 Å². The largest absolute Gasteiger partial charge is 0.493 e. The van der Waals surface area contributed by atoms with Gasteiger partial charge in [0, 0.05) is 5.56 Å². The maximum atomic E-state index is 14.1. The first-order valence-electron chi connectivity index (χ1n) is 14.6. The lowest BCUT2D eigenvalue weighted by molar-refractivity contribution is -0.138. The Kier molecular flexibility index (Phi) is 9.58. The van der Waals surface area contributed by atoms with Gasteiger partial charge >= 0.3 is 5.97 Å². The molecule has 0 fully saturated rings. The molecule has 238 valence electrons. The highest BCUT2D eigenvalue weighted by molar-refractivity contribution is 7.07. The van der Waals surface area contributed by atoms with Crippen LogP contribution in [0, 0.1) is 5.82 Å². The minimum atomic E-state index is -0.907. The highest BCUT2D eigenvalue weighted by atomic mass is 35.5. The minimum Gasteiger partial charge on any atom is -0.493 e. The SMILES string of the molecule is CCOC(=O)C1=C(c2ccccc2)N=c2s/c(=C\c3ccc(OCc4ccc(Cl)c(Cl)c4)c(OC)c3)c(=O)n2[C@@H]1c1ccc(F)cc1. The summed E-state index contributed by atoms with van der Waals surface area (Å²) in [5, 5.41) is 0.892. The molecule has 1 aliphatic heterocycles. The molecule has 2 heterocycles. The van der Waals surface area contributed by atoms with Gasteiger partial charge in [-0.1, -0.05) is 89.1 Å². The van der Waals surface area contributed by atoms with E-state index in [1.165, 1.54) is 35.1 Å². The number of halogens is 3. The highest BCUT2D eigenvalue weighted by Gasteiger charge is 2.35. The number of nitrogens with zero attached hydrogens (tertiary/aromatic N) is 2. The molecule has 7 nitrogen and oxygen atoms in total. The first kappa shape index (κ1) is 32.2. The number of carbonyl (C=O) groups is 1. The normalized spacial score (nSPS) is 14.4. The fraction of sp³-hybridized carbons (Fsp3) is 0.139. The Morgan fingerprint density at radius 1 is 0.979 bits per heavy atom. The van der Waals surface area contributed by atoms with Crippen molar-refractivity contribution in [3.05, 3.63) is 154 Å². The van der Waals surface area contributed by atoms with E-state index in [4.69, 9.17) is 42.4 Å². The molecule has 0 N–H and O–H groups in total. The number of benzene rings is 4. The average Bonchev–Trinajstić information content (AvgIpc) is 3.39. The van der Waals surface area contributed by atoms with Gasteiger partial charge in [0.1, 0.15) is 12.4 Å². The average molecular weight is 690 g/mol. The zero-order chi connectivity index (χ0) is 33.1. The third-order valence-electron chi connectivity index (χ3n) is 7.42. The molecule has 11 heteroatoms. The van der Waals surface area contributed by atoms with E-state index in [1.54, 1.807) is 49.4 Å². The summed E-state index contributed by atoms with van der Waals surface area (Å²) in [6, 6.07) is 24.6. The van der Waals surface area contributed by atoms with E-state index in [2.05, 4.69) is 0 Å². The van der Waals surface area contributed by atoms with Crippen LogP contribution in [0.2, 0.25) is 10.0 Å². The van der Waals surface area contributed by atoms with Crippen LogP contribution in [0.15, 0.2) is 106 Å². The number of methoxy groups -OCH3 is 1. The Morgan fingerprint density at radius 2 is 1.74 bits per heavy atom. The monoisotopic (exact) mass is 688 g/mol. The van der Waals surface area contributed by atoms with Crippen molar-refractivity contribution in [1.82, 2.24) is 4.57 Å². The second kappa shape index (κ2) is 14.0. The van der Waals surface area contributed by atoms with Crippen LogP contribution in [-0.4, -0.2) is 24.3 Å². The third-order valence-corrected chi connectivity index (χ3v) is 9.15. The number of hydrogen-bond donors (Lipinski definition) is 0. The predicted molar refractivity (Wildman–Crippen MR) is 181 cm³/mol. The molecule has 1 atom stereocenters. The molecule has 0 unspecified atom stereocenters. The van der Waals surface area contributed by atoms with Crippen LogP contribution >= 0.6 is 34.5 Å². The highest BCUT2D eigenvalue weighted by Crippen LogP contribution is 2.35. The van der Waals surface area contributed by atoms with Crippen molar-refractivity contribution in [2.45, 2.75) is 19.6 Å². The van der Waals surface area contributed by atoms with Crippen LogP contribution in [-0.2, 0) is 16.1 Å². The van der Waals surface area contributed by atoms with Crippen molar-refractivity contribution in [1.29, 1.82) is 0 Å². The molecule has 1 aromatic heterocycles. The lowest BCUT2D eigenvalue weighted by Crippen LogP contribution is -2.40. The molecule has 0 saturated heterocycles. The van der Waals surface area contributed by atoms with Crippen LogP contribution in [0.4, 0.5) is 4.39 Å². The Bertz CT molecular complexity index is 2180. The van der Waals surface area contributed by atoms with Gasteiger partial charge in [0.25, 0.3) is 5.56 Å². The molecule has 47 heavy (non-hydrogen) atoms. The molecule has 0 radical (unpaired) electrons. The fourth-order valence-electron chi connectivity index (χ4n) is 5.24. The van der Waals surface area contributed by atoms with Gasteiger partial charge in [-0.15, -0.1) is 0 Å². The summed E-state index contributed by atoms with van der Waals surface area (Å²) in [5.74, 6) is -0.0869. The number of hydrogen-bond acceptors (Lipinski definition) is 7. The summed E-state index contributed by atoms with van der Waals surface area (Å²) < 4.78 is 32.9. The Hall–Kier alpha value is -4.70. The Balaban J connectivity index is 1.45. The Morgan fingerprint density at radius 3 is 2.45 bits per heavy atom. The zero-order valence-corrected chi connectivity index (χ0v) is 27.5. The number of esters is 1. The van der Waals surface area contributed by atoms with Crippen molar-refractivity contribution in [2.75, 3.05) is 13.7 Å². The second-order valence-electron chi connectivity index (χ2n) is 10.4. The van der Waals surface area contributed by atoms with Gasteiger partial charge in [-0.05, 0) is 66.1 Å². The second-order valence-corrected chi connectivity index (χ2v) is 12.3. The van der Waals surface area contributed by atoms with Gasteiger partial charge < -0.3 is 14.2 Å². The van der Waals surface area contributed by atoms with E-state index in [0.29, 0.717) is 53.3 Å². The van der Waals surface area contributed by atoms with Crippen molar-refractivity contribution < 1.29 is 23.4 Å². The van der Waals surface area contributed by atoms with E-state index in [9.17, 15) is 14.0 Å². The van der Waals surface area contributed by atoms with Crippen LogP contribution < -0.4 is 24.4 Å². The van der Waals surface area contributed by atoms with Gasteiger partial charge in [0.05, 0.1) is 45.6 Å². The Labute approximate surface area is 283 Å². The van der Waals surface area contributed by atoms with Crippen molar-refractivity contribution in [3.8, 4) is 11.5 Å². The van der Waals surface area contributed by atoms with Crippen LogP contribution in [0.25, 0.3) is 11.8 Å². The molecule has 4 aromatic carbocycles. The van der Waals surface area contributed by atoms with Gasteiger partial charge in [0.15, 0.2) is 16.3 Å². The smallest absolute Gasteiger partial charge is 0.338 e. The lowest BCUT2D eigenvalue weighted by Gasteiger charge is -2.25. The van der Waals surface area contributed by atoms with Crippen LogP contribution in [0.3, 0.4) is 0 Å². The van der Waals surface area contributed by atoms with Crippen LogP contribution in [0.1, 0.15) is 35.2 Å². The molecule has 0 saturated carbocycles. The molecule has 1 aliphatic rings. The molecule has 6 rings (SSSR count). The van der Waals surface area contributed by atoms with Crippen molar-refractivity contribution >= 4 is 52.3 Å². The summed E-state index contributed by atoms with van der Waals surface area (Å²) in [6.45, 7) is 2.07. The molecule has 0 spiro atoms. The molecule has 0 amide bonds. The summed E-state index contributed by atoms with van der Waals surface area (Å²) >= 11 is 13.3. The molecular weight excluding hydrogens is 662 g/mol. The van der Waals surface area contributed by atoms with Gasteiger partial charge in [0.2, 0.25) is 0 Å². The molecule has 0 bridgehead atoms. The maximum absolute atomic E-state index is 14.1. The van der Waals surface area contributed by atoms with Crippen LogP contribution in [0.5, 0.6) is 11.5 Å². The number of rotatable bonds is 9. The number of carbonyl (C=O) groups excluding carboxylic acids is 1. The van der Waals surface area contributed by atoms with Crippen molar-refractivity contribution in [2.24, 2.45) is 4.99 Å². The first-order valence-corrected chi connectivity index (χ1v) is 16.1. The molecular formula is C36H27Cl2FN2O5S. The minimum absolute atomic E-state index is 0.125. The third kappa shape index (κ3) is 6.74. The standard InChI is InChI=1S/C36H27Cl2FN2O5S/c1-3-45-35(43)31-32(23-7-5-4-6-8-23)40-36-41(33(31)24-11-13-25(39)14-12-24)34(42)30(47-36)19-21-10-16-28(29(18-21)44-2)46-20-22-9-15-26(37)27(38)17-22/h4-19,33H,3,20H2,1-2H3/b30-19-/t33-/m1/s1. The van der Waals surface area contributed by atoms with E-state index in [1.807, 2.05) is 42.5 Å².